The molecule has 0 amide bonds. The minimum Gasteiger partial charge on any atom is -0.296 e. The molecule has 3 rings (SSSR count). The first kappa shape index (κ1) is 12.6. The smallest absolute Gasteiger partial charge is 0.174 e. The summed E-state index contributed by atoms with van der Waals surface area (Å²) >= 11 is 3.23. The van der Waals surface area contributed by atoms with Crippen LogP contribution in [0.1, 0.15) is 27.4 Å². The molecule has 1 aliphatic rings. The molecule has 0 aromatic carbocycles. The number of hydrazone groups is 1. The van der Waals surface area contributed by atoms with Crippen LogP contribution in [0, 0.1) is 0 Å². The Balaban J connectivity index is 1.56. The zero-order valence-electron chi connectivity index (χ0n) is 10.4. The second-order valence-corrected chi connectivity index (χ2v) is 6.27. The molecule has 0 spiro atoms. The highest BCUT2D eigenvalue weighted by molar-refractivity contribution is 7.12. The summed E-state index contributed by atoms with van der Waals surface area (Å²) in [5.41, 5.74) is 1.15. The topological polar surface area (TPSA) is 32.7 Å². The Morgan fingerprint density at radius 2 is 2.11 bits per heavy atom. The van der Waals surface area contributed by atoms with Crippen molar-refractivity contribution in [1.29, 1.82) is 0 Å². The largest absolute Gasteiger partial charge is 0.296 e. The van der Waals surface area contributed by atoms with Crippen LogP contribution in [0.5, 0.6) is 0 Å². The average molecular weight is 290 g/mol. The molecule has 5 heteroatoms. The van der Waals surface area contributed by atoms with Crippen molar-refractivity contribution in [2.75, 3.05) is 13.1 Å². The van der Waals surface area contributed by atoms with Crippen LogP contribution in [-0.4, -0.2) is 29.6 Å². The molecule has 0 saturated heterocycles. The molecule has 98 valence electrons. The van der Waals surface area contributed by atoms with Gasteiger partial charge in [0.25, 0.3) is 0 Å². The molecule has 0 bridgehead atoms. The fraction of sp³-hybridized carbons (Fsp3) is 0.286. The first-order valence-corrected chi connectivity index (χ1v) is 8.02. The number of rotatable bonds is 5. The standard InChI is InChI=1S/C14H14N2OS2/c17-12(14-4-2-10-19-14)6-8-16-7-5-11(15-16)13-3-1-9-18-13/h1-4,9-10H,5-8H2. The molecule has 0 fully saturated rings. The van der Waals surface area contributed by atoms with Crippen molar-refractivity contribution >= 4 is 34.2 Å². The Labute approximate surface area is 120 Å². The molecule has 0 atom stereocenters. The molecule has 2 aromatic heterocycles. The first-order chi connectivity index (χ1) is 9.33. The van der Waals surface area contributed by atoms with Crippen molar-refractivity contribution in [2.24, 2.45) is 5.10 Å². The molecule has 0 radical (unpaired) electrons. The van der Waals surface area contributed by atoms with E-state index in [9.17, 15) is 4.79 Å². The van der Waals surface area contributed by atoms with E-state index in [0.29, 0.717) is 13.0 Å². The first-order valence-electron chi connectivity index (χ1n) is 6.26. The average Bonchev–Trinajstić information content (AvgIpc) is 3.14. The summed E-state index contributed by atoms with van der Waals surface area (Å²) in [6.07, 6.45) is 1.52. The van der Waals surface area contributed by atoms with E-state index in [4.69, 9.17) is 0 Å². The predicted octanol–water partition coefficient (Wildman–Crippen LogP) is 3.49. The van der Waals surface area contributed by atoms with Crippen LogP contribution in [0.15, 0.2) is 40.1 Å². The van der Waals surface area contributed by atoms with Gasteiger partial charge >= 0.3 is 0 Å². The monoisotopic (exact) mass is 290 g/mol. The normalized spacial score (nSPS) is 14.7. The third-order valence-electron chi connectivity index (χ3n) is 3.07. The quantitative estimate of drug-likeness (QED) is 0.790. The number of carbonyl (C=O) groups excluding carboxylic acids is 1. The Bertz CT molecular complexity index is 573. The number of nitrogens with zero attached hydrogens (tertiary/aromatic N) is 2. The number of carbonyl (C=O) groups is 1. The Morgan fingerprint density at radius 3 is 2.84 bits per heavy atom. The molecule has 19 heavy (non-hydrogen) atoms. The highest BCUT2D eigenvalue weighted by Gasteiger charge is 2.17. The van der Waals surface area contributed by atoms with E-state index >= 15 is 0 Å². The van der Waals surface area contributed by atoms with Crippen molar-refractivity contribution in [3.63, 3.8) is 0 Å². The van der Waals surface area contributed by atoms with Gasteiger partial charge in [-0.3, -0.25) is 9.80 Å². The number of hydrogen-bond acceptors (Lipinski definition) is 5. The highest BCUT2D eigenvalue weighted by Crippen LogP contribution is 2.18. The van der Waals surface area contributed by atoms with E-state index in [1.54, 1.807) is 11.3 Å². The summed E-state index contributed by atoms with van der Waals surface area (Å²) in [6, 6.07) is 7.95. The van der Waals surface area contributed by atoms with Gasteiger partial charge in [-0.25, -0.2) is 0 Å². The molecular weight excluding hydrogens is 276 g/mol. The van der Waals surface area contributed by atoms with Gasteiger partial charge in [-0.05, 0) is 22.9 Å². The molecule has 0 saturated carbocycles. The van der Waals surface area contributed by atoms with E-state index in [2.05, 4.69) is 16.5 Å². The highest BCUT2D eigenvalue weighted by atomic mass is 32.1. The molecular formula is C14H14N2OS2. The molecule has 3 heterocycles. The molecule has 0 N–H and O–H groups in total. The van der Waals surface area contributed by atoms with Crippen molar-refractivity contribution in [3.05, 3.63) is 44.8 Å². The maximum atomic E-state index is 11.9. The summed E-state index contributed by atoms with van der Waals surface area (Å²) in [5, 5.41) is 10.6. The summed E-state index contributed by atoms with van der Waals surface area (Å²) in [5.74, 6) is 0.217. The van der Waals surface area contributed by atoms with Gasteiger partial charge in [-0.15, -0.1) is 22.7 Å². The third kappa shape index (κ3) is 2.93. The van der Waals surface area contributed by atoms with Crippen LogP contribution >= 0.6 is 22.7 Å². The van der Waals surface area contributed by atoms with Crippen LogP contribution in [-0.2, 0) is 0 Å². The lowest BCUT2D eigenvalue weighted by atomic mass is 10.2. The maximum absolute atomic E-state index is 11.9. The SMILES string of the molecule is O=C(CCN1CCC(c2cccs2)=N1)c1cccs1. The van der Waals surface area contributed by atoms with Crippen LogP contribution < -0.4 is 0 Å². The zero-order chi connectivity index (χ0) is 13.1. The van der Waals surface area contributed by atoms with Crippen molar-refractivity contribution in [3.8, 4) is 0 Å². The van der Waals surface area contributed by atoms with Crippen molar-refractivity contribution < 1.29 is 4.79 Å². The molecule has 3 nitrogen and oxygen atoms in total. The number of thiophene rings is 2. The van der Waals surface area contributed by atoms with Crippen LogP contribution in [0.4, 0.5) is 0 Å². The van der Waals surface area contributed by atoms with Crippen molar-refractivity contribution in [2.45, 2.75) is 12.8 Å². The van der Waals surface area contributed by atoms with E-state index in [0.717, 1.165) is 23.6 Å². The predicted molar refractivity (Wildman–Crippen MR) is 80.3 cm³/mol. The number of Topliss-reactive ketones (excluding diaryl/α,β-unsaturated/α-hetero) is 1. The molecule has 0 aliphatic carbocycles. The van der Waals surface area contributed by atoms with Gasteiger partial charge in [0, 0.05) is 25.9 Å². The Morgan fingerprint density at radius 1 is 1.26 bits per heavy atom. The minimum atomic E-state index is 0.217. The van der Waals surface area contributed by atoms with Gasteiger partial charge in [0.15, 0.2) is 5.78 Å². The van der Waals surface area contributed by atoms with E-state index in [-0.39, 0.29) is 5.78 Å². The summed E-state index contributed by atoms with van der Waals surface area (Å²) in [6.45, 7) is 1.64. The zero-order valence-corrected chi connectivity index (χ0v) is 12.0. The molecule has 1 aliphatic heterocycles. The number of ketones is 1. The number of hydrogen-bond donors (Lipinski definition) is 0. The van der Waals surface area contributed by atoms with Crippen molar-refractivity contribution in [1.82, 2.24) is 5.01 Å². The molecule has 0 unspecified atom stereocenters. The Hall–Kier alpha value is -1.46. The second kappa shape index (κ2) is 5.67. The van der Waals surface area contributed by atoms with Gasteiger partial charge in [0.2, 0.25) is 0 Å². The summed E-state index contributed by atoms with van der Waals surface area (Å²) in [7, 11) is 0. The third-order valence-corrected chi connectivity index (χ3v) is 4.90. The lowest BCUT2D eigenvalue weighted by Crippen LogP contribution is -2.18. The summed E-state index contributed by atoms with van der Waals surface area (Å²) < 4.78 is 0. The minimum absolute atomic E-state index is 0.217. The van der Waals surface area contributed by atoms with Crippen LogP contribution in [0.3, 0.4) is 0 Å². The van der Waals surface area contributed by atoms with Gasteiger partial charge in [0.1, 0.15) is 0 Å². The van der Waals surface area contributed by atoms with E-state index < -0.39 is 0 Å². The van der Waals surface area contributed by atoms with Gasteiger partial charge in [0.05, 0.1) is 15.5 Å². The van der Waals surface area contributed by atoms with Crippen LogP contribution in [0.25, 0.3) is 0 Å². The Kier molecular flexibility index (Phi) is 3.75. The van der Waals surface area contributed by atoms with Crippen LogP contribution in [0.2, 0.25) is 0 Å². The lowest BCUT2D eigenvalue weighted by molar-refractivity contribution is 0.0971. The van der Waals surface area contributed by atoms with E-state index in [1.807, 2.05) is 28.6 Å². The van der Waals surface area contributed by atoms with Gasteiger partial charge in [-0.2, -0.15) is 5.10 Å². The lowest BCUT2D eigenvalue weighted by Gasteiger charge is -2.11. The van der Waals surface area contributed by atoms with Gasteiger partial charge < -0.3 is 0 Å². The maximum Gasteiger partial charge on any atom is 0.174 e. The molecule has 2 aromatic rings. The second-order valence-electron chi connectivity index (χ2n) is 4.38. The van der Waals surface area contributed by atoms with E-state index in [1.165, 1.54) is 16.2 Å². The summed E-state index contributed by atoms with van der Waals surface area (Å²) in [4.78, 5) is 14.0. The van der Waals surface area contributed by atoms with Gasteiger partial charge in [-0.1, -0.05) is 12.1 Å². The fourth-order valence-electron chi connectivity index (χ4n) is 2.07. The fourth-order valence-corrected chi connectivity index (χ4v) is 3.51.